The van der Waals surface area contributed by atoms with Gasteiger partial charge < -0.3 is 18.9 Å². The fraction of sp³-hybridized carbons (Fsp3) is 0.0714. The van der Waals surface area contributed by atoms with Crippen LogP contribution in [0.1, 0.15) is 44.5 Å². The summed E-state index contributed by atoms with van der Waals surface area (Å²) in [4.78, 5) is 0. The number of fused-ring (bicyclic) bond motifs is 2. The van der Waals surface area contributed by atoms with E-state index in [-0.39, 0.29) is 0 Å². The molecule has 294 valence electrons. The van der Waals surface area contributed by atoms with Crippen molar-refractivity contribution in [2.45, 2.75) is 0 Å². The van der Waals surface area contributed by atoms with Crippen LogP contribution in [0.4, 0.5) is 0 Å². The van der Waals surface area contributed by atoms with E-state index in [9.17, 15) is 0 Å². The molecule has 0 atom stereocenters. The summed E-state index contributed by atoms with van der Waals surface area (Å²) in [6.45, 7) is 0. The topological polar surface area (TPSA) is 36.9 Å². The second-order valence-electron chi connectivity index (χ2n) is 14.4. The zero-order valence-corrected chi connectivity index (χ0v) is 34.3. The summed E-state index contributed by atoms with van der Waals surface area (Å²) >= 11 is 0. The van der Waals surface area contributed by atoms with Crippen LogP contribution in [0, 0.1) is 0 Å². The minimum atomic E-state index is 0.831. The Kier molecular flexibility index (Phi) is 12.0. The van der Waals surface area contributed by atoms with Gasteiger partial charge in [0.15, 0.2) is 0 Å². The number of ether oxygens (including phenoxy) is 4. The van der Waals surface area contributed by atoms with Gasteiger partial charge in [-0.05, 0) is 138 Å². The number of hydrogen-bond acceptors (Lipinski definition) is 4. The maximum absolute atomic E-state index is 5.44. The molecule has 60 heavy (non-hydrogen) atoms. The van der Waals surface area contributed by atoms with Crippen molar-refractivity contribution in [2.75, 3.05) is 28.4 Å². The van der Waals surface area contributed by atoms with Crippen molar-refractivity contribution in [1.29, 1.82) is 0 Å². The maximum Gasteiger partial charge on any atom is 0.118 e. The van der Waals surface area contributed by atoms with Gasteiger partial charge in [0.1, 0.15) is 23.0 Å². The van der Waals surface area contributed by atoms with Gasteiger partial charge in [0, 0.05) is 0 Å². The second-order valence-corrected chi connectivity index (χ2v) is 14.4. The maximum atomic E-state index is 5.44. The summed E-state index contributed by atoms with van der Waals surface area (Å²) in [7, 11) is 6.76. The monoisotopic (exact) mass is 782 g/mol. The van der Waals surface area contributed by atoms with E-state index in [1.165, 1.54) is 21.9 Å². The van der Waals surface area contributed by atoms with Crippen molar-refractivity contribution in [3.8, 4) is 34.1 Å². The highest BCUT2D eigenvalue weighted by Crippen LogP contribution is 2.41. The van der Waals surface area contributed by atoms with E-state index in [2.05, 4.69) is 158 Å². The molecule has 0 spiro atoms. The van der Waals surface area contributed by atoms with Gasteiger partial charge >= 0.3 is 0 Å². The van der Waals surface area contributed by atoms with Gasteiger partial charge in [0.05, 0.1) is 28.4 Å². The van der Waals surface area contributed by atoms with Crippen molar-refractivity contribution < 1.29 is 18.9 Å². The largest absolute Gasteiger partial charge is 0.497 e. The molecule has 8 aromatic carbocycles. The molecule has 0 aliphatic heterocycles. The predicted octanol–water partition coefficient (Wildman–Crippen LogP) is 14.4. The first-order valence-electron chi connectivity index (χ1n) is 19.9. The molecule has 4 heteroatoms. The van der Waals surface area contributed by atoms with Crippen molar-refractivity contribution >= 4 is 70.2 Å². The third kappa shape index (κ3) is 9.09. The molecule has 0 heterocycles. The molecular formula is C56H46O4. The highest BCUT2D eigenvalue weighted by molar-refractivity contribution is 6.12. The van der Waals surface area contributed by atoms with Crippen LogP contribution in [0.25, 0.3) is 81.3 Å². The lowest BCUT2D eigenvalue weighted by atomic mass is 9.85. The van der Waals surface area contributed by atoms with Gasteiger partial charge in [0.2, 0.25) is 0 Å². The van der Waals surface area contributed by atoms with E-state index in [0.717, 1.165) is 78.3 Å². The molecule has 8 rings (SSSR count). The molecule has 0 N–H and O–H groups in total. The second kappa shape index (κ2) is 18.4. The van der Waals surface area contributed by atoms with Crippen LogP contribution in [0.3, 0.4) is 0 Å². The normalized spacial score (nSPS) is 11.7. The summed E-state index contributed by atoms with van der Waals surface area (Å²) in [5.74, 6) is 3.35. The number of rotatable bonds is 13. The molecule has 0 unspecified atom stereocenters. The molecule has 0 radical (unpaired) electrons. The molecule has 4 nitrogen and oxygen atoms in total. The molecule has 0 aromatic heterocycles. The van der Waals surface area contributed by atoms with E-state index in [4.69, 9.17) is 18.9 Å². The Balaban J connectivity index is 1.29. The molecule has 0 saturated carbocycles. The van der Waals surface area contributed by atoms with Crippen molar-refractivity contribution in [3.63, 3.8) is 0 Å². The molecule has 0 aliphatic rings. The van der Waals surface area contributed by atoms with Crippen molar-refractivity contribution in [3.05, 3.63) is 202 Å². The van der Waals surface area contributed by atoms with E-state index in [1.54, 1.807) is 28.4 Å². The molecule has 0 aliphatic carbocycles. The van der Waals surface area contributed by atoms with Crippen LogP contribution in [0.2, 0.25) is 0 Å². The fourth-order valence-corrected chi connectivity index (χ4v) is 7.39. The lowest BCUT2D eigenvalue weighted by molar-refractivity contribution is 0.414. The van der Waals surface area contributed by atoms with Gasteiger partial charge in [-0.3, -0.25) is 0 Å². The first-order chi connectivity index (χ1) is 29.5. The Labute approximate surface area is 352 Å². The SMILES string of the molecule is COc1ccc(/C=C/c2ccc3c(-c4c(/C=C/c5ccc(OC)cc5)ccc5cc(/C=C/c6ccc(OC)cc6)ccc45)c(/C=C/c4ccc(OC)cc4)ccc3c2)cc1. The summed E-state index contributed by atoms with van der Waals surface area (Å²) in [5, 5.41) is 4.65. The van der Waals surface area contributed by atoms with Crippen LogP contribution in [-0.4, -0.2) is 28.4 Å². The zero-order chi connectivity index (χ0) is 41.3. The molecule has 8 aromatic rings. The minimum absolute atomic E-state index is 0.831. The quantitative estimate of drug-likeness (QED) is 0.109. The van der Waals surface area contributed by atoms with E-state index < -0.39 is 0 Å². The first-order valence-corrected chi connectivity index (χ1v) is 19.9. The third-order valence-electron chi connectivity index (χ3n) is 10.7. The molecule has 0 fully saturated rings. The van der Waals surface area contributed by atoms with Crippen LogP contribution >= 0.6 is 0 Å². The fourth-order valence-electron chi connectivity index (χ4n) is 7.39. The van der Waals surface area contributed by atoms with Gasteiger partial charge in [-0.1, -0.05) is 146 Å². The van der Waals surface area contributed by atoms with E-state index in [1.807, 2.05) is 48.5 Å². The lowest BCUT2D eigenvalue weighted by Crippen LogP contribution is -1.93. The Morgan fingerprint density at radius 1 is 0.267 bits per heavy atom. The Bertz CT molecular complexity index is 2660. The summed E-state index contributed by atoms with van der Waals surface area (Å²) in [6.07, 6.45) is 17.4. The average Bonchev–Trinajstić information content (AvgIpc) is 3.31. The Morgan fingerprint density at radius 2 is 0.533 bits per heavy atom. The summed E-state index contributed by atoms with van der Waals surface area (Å²) in [5.41, 5.74) is 11.2. The number of benzene rings is 8. The smallest absolute Gasteiger partial charge is 0.118 e. The third-order valence-corrected chi connectivity index (χ3v) is 10.7. The average molecular weight is 783 g/mol. The van der Waals surface area contributed by atoms with Gasteiger partial charge in [-0.15, -0.1) is 0 Å². The van der Waals surface area contributed by atoms with Crippen molar-refractivity contribution in [1.82, 2.24) is 0 Å². The van der Waals surface area contributed by atoms with E-state index >= 15 is 0 Å². The lowest BCUT2D eigenvalue weighted by Gasteiger charge is -2.18. The van der Waals surface area contributed by atoms with Gasteiger partial charge in [-0.25, -0.2) is 0 Å². The number of hydrogen-bond donors (Lipinski definition) is 0. The van der Waals surface area contributed by atoms with Crippen LogP contribution in [-0.2, 0) is 0 Å². The molecule has 0 bridgehead atoms. The highest BCUT2D eigenvalue weighted by atomic mass is 16.5. The predicted molar refractivity (Wildman–Crippen MR) is 255 cm³/mol. The summed E-state index contributed by atoms with van der Waals surface area (Å²) in [6, 6.07) is 55.0. The van der Waals surface area contributed by atoms with E-state index in [0.29, 0.717) is 0 Å². The van der Waals surface area contributed by atoms with Crippen LogP contribution in [0.15, 0.2) is 158 Å². The molecular weight excluding hydrogens is 737 g/mol. The Hall–Kier alpha value is -7.56. The zero-order valence-electron chi connectivity index (χ0n) is 34.3. The van der Waals surface area contributed by atoms with Crippen LogP contribution < -0.4 is 18.9 Å². The minimum Gasteiger partial charge on any atom is -0.497 e. The van der Waals surface area contributed by atoms with Crippen molar-refractivity contribution in [2.24, 2.45) is 0 Å². The van der Waals surface area contributed by atoms with Gasteiger partial charge in [0.25, 0.3) is 0 Å². The molecule has 0 amide bonds. The Morgan fingerprint density at radius 3 is 0.833 bits per heavy atom. The highest BCUT2D eigenvalue weighted by Gasteiger charge is 2.16. The van der Waals surface area contributed by atoms with Gasteiger partial charge in [-0.2, -0.15) is 0 Å². The standard InChI is InChI=1S/C56H46O4/c1-57-49-27-11-39(12-28-49)5-7-43-19-35-53-47(37-43)25-23-45(21-9-41-15-31-51(59-3)32-16-41)55(53)56-46(22-10-42-17-33-52(60-4)34-18-42)24-26-48-38-44(20-36-54(48)56)8-6-40-13-29-50(58-2)30-14-40/h5-38H,1-4H3/b7-5+,8-6+,21-9+,22-10+. The summed E-state index contributed by atoms with van der Waals surface area (Å²) < 4.78 is 21.6. The molecule has 0 saturated heterocycles. The number of methoxy groups -OCH3 is 4. The van der Waals surface area contributed by atoms with Crippen LogP contribution in [0.5, 0.6) is 23.0 Å². The first kappa shape index (κ1) is 39.3.